The Labute approximate surface area is 142 Å². The third kappa shape index (κ3) is 3.74. The fourth-order valence-corrected chi connectivity index (χ4v) is 3.18. The van der Waals surface area contributed by atoms with Gasteiger partial charge in [-0.05, 0) is 42.7 Å². The molecule has 0 radical (unpaired) electrons. The first-order chi connectivity index (χ1) is 11.8. The molecule has 0 spiro atoms. The van der Waals surface area contributed by atoms with Crippen LogP contribution in [0.4, 0.5) is 5.69 Å². The van der Waals surface area contributed by atoms with Gasteiger partial charge in [0.1, 0.15) is 0 Å². The van der Waals surface area contributed by atoms with E-state index in [-0.39, 0.29) is 11.9 Å². The molecule has 5 heteroatoms. The van der Waals surface area contributed by atoms with Crippen molar-refractivity contribution in [3.63, 3.8) is 0 Å². The van der Waals surface area contributed by atoms with E-state index in [1.54, 1.807) is 24.6 Å². The molecule has 1 aliphatic carbocycles. The van der Waals surface area contributed by atoms with Crippen LogP contribution in [0.25, 0.3) is 0 Å². The lowest BCUT2D eigenvalue weighted by atomic mass is 10.1. The zero-order valence-corrected chi connectivity index (χ0v) is 13.9. The summed E-state index contributed by atoms with van der Waals surface area (Å²) in [6, 6.07) is 11.7. The Morgan fingerprint density at radius 1 is 1.21 bits per heavy atom. The van der Waals surface area contributed by atoms with Gasteiger partial charge in [-0.25, -0.2) is 5.06 Å². The van der Waals surface area contributed by atoms with Crippen LogP contribution in [0.2, 0.25) is 0 Å². The normalized spacial score (nSPS) is 14.5. The van der Waals surface area contributed by atoms with Gasteiger partial charge in [0, 0.05) is 24.6 Å². The highest BCUT2D eigenvalue weighted by Crippen LogP contribution is 2.27. The highest BCUT2D eigenvalue weighted by Gasteiger charge is 2.29. The van der Waals surface area contributed by atoms with Crippen molar-refractivity contribution in [2.24, 2.45) is 0 Å². The molecular formula is C19H23N3O2. The van der Waals surface area contributed by atoms with Crippen molar-refractivity contribution in [1.82, 2.24) is 10.0 Å². The fourth-order valence-electron chi connectivity index (χ4n) is 3.18. The average molecular weight is 325 g/mol. The Morgan fingerprint density at radius 2 is 1.92 bits per heavy atom. The van der Waals surface area contributed by atoms with Gasteiger partial charge in [-0.1, -0.05) is 25.0 Å². The number of benzene rings is 1. The van der Waals surface area contributed by atoms with E-state index in [0.717, 1.165) is 36.9 Å². The summed E-state index contributed by atoms with van der Waals surface area (Å²) in [5.74, 6) is -0.0813. The monoisotopic (exact) mass is 325 g/mol. The van der Waals surface area contributed by atoms with E-state index in [2.05, 4.69) is 10.3 Å². The van der Waals surface area contributed by atoms with Gasteiger partial charge in [0.15, 0.2) is 0 Å². The van der Waals surface area contributed by atoms with Gasteiger partial charge in [-0.3, -0.25) is 14.6 Å². The fraction of sp³-hybridized carbons (Fsp3) is 0.368. The third-order valence-corrected chi connectivity index (χ3v) is 4.44. The molecule has 1 heterocycles. The number of aromatic nitrogens is 1. The largest absolute Gasteiger partial charge is 0.380 e. The first kappa shape index (κ1) is 16.5. The van der Waals surface area contributed by atoms with Crippen molar-refractivity contribution in [3.05, 3.63) is 59.9 Å². The van der Waals surface area contributed by atoms with Crippen molar-refractivity contribution < 1.29 is 9.63 Å². The SMILES string of the molecule is CON(C(=O)c1ccccc1NCc1ccncc1)C1CCCC1. The van der Waals surface area contributed by atoms with Crippen LogP contribution in [-0.4, -0.2) is 29.1 Å². The second-order valence-corrected chi connectivity index (χ2v) is 6.01. The lowest BCUT2D eigenvalue weighted by molar-refractivity contribution is -0.121. The van der Waals surface area contributed by atoms with Crippen LogP contribution >= 0.6 is 0 Å². The molecule has 1 saturated carbocycles. The summed E-state index contributed by atoms with van der Waals surface area (Å²) in [7, 11) is 1.57. The second kappa shape index (κ2) is 7.93. The maximum Gasteiger partial charge on any atom is 0.279 e. The third-order valence-electron chi connectivity index (χ3n) is 4.44. The molecule has 0 atom stereocenters. The number of hydrogen-bond donors (Lipinski definition) is 1. The standard InChI is InChI=1S/C19H23N3O2/c1-24-22(16-6-2-3-7-16)19(23)17-8-4-5-9-18(17)21-14-15-10-12-20-13-11-15/h4-5,8-13,16,21H,2-3,6-7,14H2,1H3. The maximum atomic E-state index is 12.9. The summed E-state index contributed by atoms with van der Waals surface area (Å²) in [6.07, 6.45) is 7.85. The van der Waals surface area contributed by atoms with E-state index < -0.39 is 0 Å². The number of pyridine rings is 1. The van der Waals surface area contributed by atoms with Gasteiger partial charge in [-0.2, -0.15) is 0 Å². The Balaban J connectivity index is 1.76. The molecule has 0 unspecified atom stereocenters. The van der Waals surface area contributed by atoms with E-state index in [1.807, 2.05) is 36.4 Å². The van der Waals surface area contributed by atoms with Crippen molar-refractivity contribution in [2.75, 3.05) is 12.4 Å². The molecule has 1 fully saturated rings. The molecule has 0 bridgehead atoms. The summed E-state index contributed by atoms with van der Waals surface area (Å²) >= 11 is 0. The second-order valence-electron chi connectivity index (χ2n) is 6.01. The predicted octanol–water partition coefficient (Wildman–Crippen LogP) is 3.64. The Bertz CT molecular complexity index is 669. The van der Waals surface area contributed by atoms with Crippen LogP contribution in [0, 0.1) is 0 Å². The van der Waals surface area contributed by atoms with Crippen LogP contribution in [0.5, 0.6) is 0 Å². The number of amides is 1. The van der Waals surface area contributed by atoms with E-state index in [0.29, 0.717) is 12.1 Å². The molecule has 1 N–H and O–H groups in total. The number of carbonyl (C=O) groups is 1. The summed E-state index contributed by atoms with van der Waals surface area (Å²) in [5.41, 5.74) is 2.58. The Morgan fingerprint density at radius 3 is 2.62 bits per heavy atom. The minimum absolute atomic E-state index is 0.0813. The Hall–Kier alpha value is -2.40. The van der Waals surface area contributed by atoms with Crippen molar-refractivity contribution in [2.45, 2.75) is 38.3 Å². The van der Waals surface area contributed by atoms with E-state index in [4.69, 9.17) is 4.84 Å². The van der Waals surface area contributed by atoms with Gasteiger partial charge in [0.05, 0.1) is 18.7 Å². The number of hydrogen-bond acceptors (Lipinski definition) is 4. The smallest absolute Gasteiger partial charge is 0.279 e. The van der Waals surface area contributed by atoms with Crippen LogP contribution < -0.4 is 5.32 Å². The zero-order chi connectivity index (χ0) is 16.8. The first-order valence-corrected chi connectivity index (χ1v) is 8.39. The molecule has 24 heavy (non-hydrogen) atoms. The summed E-state index contributed by atoms with van der Waals surface area (Å²) in [5, 5.41) is 4.89. The first-order valence-electron chi connectivity index (χ1n) is 8.39. The predicted molar refractivity (Wildman–Crippen MR) is 93.4 cm³/mol. The van der Waals surface area contributed by atoms with E-state index in [9.17, 15) is 4.79 Å². The molecule has 0 saturated heterocycles. The quantitative estimate of drug-likeness (QED) is 0.824. The molecule has 126 valence electrons. The van der Waals surface area contributed by atoms with Crippen molar-refractivity contribution >= 4 is 11.6 Å². The summed E-state index contributed by atoms with van der Waals surface area (Å²) < 4.78 is 0. The molecule has 1 aliphatic rings. The minimum atomic E-state index is -0.0813. The van der Waals surface area contributed by atoms with Crippen molar-refractivity contribution in [3.8, 4) is 0 Å². The van der Waals surface area contributed by atoms with Gasteiger partial charge in [0.25, 0.3) is 5.91 Å². The van der Waals surface area contributed by atoms with Crippen molar-refractivity contribution in [1.29, 1.82) is 0 Å². The molecule has 1 aromatic heterocycles. The van der Waals surface area contributed by atoms with E-state index in [1.165, 1.54) is 0 Å². The van der Waals surface area contributed by atoms with Gasteiger partial charge < -0.3 is 5.32 Å². The lowest BCUT2D eigenvalue weighted by Gasteiger charge is -2.27. The maximum absolute atomic E-state index is 12.9. The van der Waals surface area contributed by atoms with Crippen LogP contribution in [0.15, 0.2) is 48.8 Å². The number of hydroxylamine groups is 2. The highest BCUT2D eigenvalue weighted by atomic mass is 16.7. The summed E-state index contributed by atoms with van der Waals surface area (Å²) in [6.45, 7) is 0.642. The van der Waals surface area contributed by atoms with Gasteiger partial charge in [-0.15, -0.1) is 0 Å². The zero-order valence-electron chi connectivity index (χ0n) is 13.9. The highest BCUT2D eigenvalue weighted by molar-refractivity contribution is 5.99. The summed E-state index contributed by atoms with van der Waals surface area (Å²) in [4.78, 5) is 22.4. The Kier molecular flexibility index (Phi) is 5.43. The molecule has 0 aliphatic heterocycles. The van der Waals surface area contributed by atoms with Crippen LogP contribution in [-0.2, 0) is 11.4 Å². The molecule has 1 amide bonds. The molecule has 2 aromatic rings. The number of anilines is 1. The van der Waals surface area contributed by atoms with Gasteiger partial charge >= 0.3 is 0 Å². The van der Waals surface area contributed by atoms with Crippen LogP contribution in [0.1, 0.15) is 41.6 Å². The number of rotatable bonds is 6. The number of para-hydroxylation sites is 1. The minimum Gasteiger partial charge on any atom is -0.380 e. The molecule has 3 rings (SSSR count). The average Bonchev–Trinajstić information content (AvgIpc) is 3.16. The number of nitrogens with one attached hydrogen (secondary N) is 1. The van der Waals surface area contributed by atoms with Gasteiger partial charge in [0.2, 0.25) is 0 Å². The molecule has 1 aromatic carbocycles. The lowest BCUT2D eigenvalue weighted by Crippen LogP contribution is -2.38. The van der Waals surface area contributed by atoms with E-state index >= 15 is 0 Å². The topological polar surface area (TPSA) is 54.5 Å². The number of carbonyl (C=O) groups excluding carboxylic acids is 1. The number of nitrogens with zero attached hydrogens (tertiary/aromatic N) is 2. The van der Waals surface area contributed by atoms with Crippen LogP contribution in [0.3, 0.4) is 0 Å². The molecule has 5 nitrogen and oxygen atoms in total. The molecular weight excluding hydrogens is 302 g/mol.